The number of allylic oxidation sites excluding steroid dienone is 3. The molecule has 0 saturated carbocycles. The lowest BCUT2D eigenvalue weighted by molar-refractivity contribution is -0.0513. The van der Waals surface area contributed by atoms with Crippen molar-refractivity contribution in [1.82, 2.24) is 9.29 Å². The van der Waals surface area contributed by atoms with Crippen molar-refractivity contribution in [3.63, 3.8) is 0 Å². The molecule has 2 heterocycles. The van der Waals surface area contributed by atoms with E-state index < -0.39 is 49.9 Å². The molecule has 0 radical (unpaired) electrons. The van der Waals surface area contributed by atoms with E-state index in [0.29, 0.717) is 0 Å². The van der Waals surface area contributed by atoms with Gasteiger partial charge < -0.3 is 10.2 Å². The van der Waals surface area contributed by atoms with E-state index in [-0.39, 0.29) is 15.0 Å². The molecule has 0 aromatic carbocycles. The van der Waals surface area contributed by atoms with Gasteiger partial charge in [-0.1, -0.05) is 36.9 Å². The number of aliphatic hydroxyl groups excluding tert-OH is 1. The largest absolute Gasteiger partial charge is 0.390 e. The van der Waals surface area contributed by atoms with Crippen molar-refractivity contribution in [2.24, 2.45) is 0 Å². The monoisotopic (exact) mass is 448 g/mol. The van der Waals surface area contributed by atoms with Gasteiger partial charge in [-0.15, -0.1) is 0 Å². The molecule has 2 rings (SSSR count). The summed E-state index contributed by atoms with van der Waals surface area (Å²) in [4.78, 5) is 3.46. The van der Waals surface area contributed by atoms with E-state index in [9.17, 15) is 27.0 Å². The second-order valence-electron chi connectivity index (χ2n) is 6.37. The molecule has 1 fully saturated rings. The highest BCUT2D eigenvalue weighted by molar-refractivity contribution is 7.93. The molecule has 11 heteroatoms. The maximum atomic E-state index is 13.0. The van der Waals surface area contributed by atoms with Crippen molar-refractivity contribution in [3.05, 3.63) is 59.6 Å². The quantitative estimate of drug-likeness (QED) is 0.593. The normalized spacial score (nSPS) is 25.1. The number of sulfone groups is 1. The minimum absolute atomic E-state index is 0.214. The fourth-order valence-electron chi connectivity index (χ4n) is 2.85. The molecule has 0 bridgehead atoms. The Balaban J connectivity index is 2.49. The average Bonchev–Trinajstić information content (AvgIpc) is 3.00. The fourth-order valence-corrected chi connectivity index (χ4v) is 6.29. The Bertz CT molecular complexity index is 1000. The highest BCUT2D eigenvalue weighted by Crippen LogP contribution is 2.36. The molecule has 1 aliphatic heterocycles. The Morgan fingerprint density at radius 2 is 2.07 bits per heavy atom. The van der Waals surface area contributed by atoms with Crippen molar-refractivity contribution in [1.29, 1.82) is 0 Å². The summed E-state index contributed by atoms with van der Waals surface area (Å²) in [7, 11) is -8.46. The molecular weight excluding hydrogens is 428 g/mol. The number of halogens is 1. The first-order chi connectivity index (χ1) is 12.9. The number of sulfonamides is 1. The Labute approximate surface area is 169 Å². The summed E-state index contributed by atoms with van der Waals surface area (Å²) in [6.07, 6.45) is 3.52. The van der Waals surface area contributed by atoms with Crippen LogP contribution in [0.4, 0.5) is 0 Å². The molecule has 2 N–H and O–H groups in total. The third-order valence-corrected chi connectivity index (χ3v) is 8.65. The van der Waals surface area contributed by atoms with Crippen LogP contribution >= 0.6 is 11.6 Å². The summed E-state index contributed by atoms with van der Waals surface area (Å²) in [6.45, 7) is 6.91. The Morgan fingerprint density at radius 3 is 2.57 bits per heavy atom. The first-order valence-corrected chi connectivity index (χ1v) is 11.5. The summed E-state index contributed by atoms with van der Waals surface area (Å²) >= 11 is 5.73. The van der Waals surface area contributed by atoms with Crippen LogP contribution in [0.2, 0.25) is 5.02 Å². The second-order valence-corrected chi connectivity index (χ2v) is 10.9. The Hall–Kier alpha value is -1.56. The molecule has 154 valence electrons. The van der Waals surface area contributed by atoms with Gasteiger partial charge in [0.1, 0.15) is 10.9 Å². The molecule has 1 aromatic rings. The number of hydrogen-bond donors (Lipinski definition) is 2. The smallest absolute Gasteiger partial charge is 0.242 e. The Morgan fingerprint density at radius 1 is 1.43 bits per heavy atom. The van der Waals surface area contributed by atoms with Crippen LogP contribution in [-0.2, 0) is 19.9 Å². The zero-order chi connectivity index (χ0) is 21.3. The van der Waals surface area contributed by atoms with Crippen LogP contribution in [0.25, 0.3) is 0 Å². The lowest BCUT2D eigenvalue weighted by atomic mass is 9.97. The molecule has 0 spiro atoms. The van der Waals surface area contributed by atoms with Gasteiger partial charge in [0.25, 0.3) is 0 Å². The van der Waals surface area contributed by atoms with Gasteiger partial charge in [-0.25, -0.2) is 21.8 Å². The molecule has 1 aliphatic rings. The van der Waals surface area contributed by atoms with Crippen molar-refractivity contribution in [2.45, 2.75) is 28.9 Å². The number of β-amino-alcohol motifs (C(OH)–C–C–N with tert-alkyl or cyclic N) is 1. The van der Waals surface area contributed by atoms with Crippen molar-refractivity contribution in [3.8, 4) is 0 Å². The van der Waals surface area contributed by atoms with Crippen LogP contribution in [-0.4, -0.2) is 66.4 Å². The van der Waals surface area contributed by atoms with Crippen LogP contribution in [0, 0.1) is 0 Å². The first kappa shape index (κ1) is 22.7. The molecule has 0 aliphatic carbocycles. The van der Waals surface area contributed by atoms with Gasteiger partial charge in [0.05, 0.1) is 16.0 Å². The maximum absolute atomic E-state index is 13.0. The van der Waals surface area contributed by atoms with Crippen molar-refractivity contribution >= 4 is 31.5 Å². The van der Waals surface area contributed by atoms with E-state index in [2.05, 4.69) is 18.1 Å². The lowest BCUT2D eigenvalue weighted by Gasteiger charge is -2.31. The number of pyridine rings is 1. The highest BCUT2D eigenvalue weighted by Gasteiger charge is 2.58. The van der Waals surface area contributed by atoms with Crippen LogP contribution in [0.15, 0.2) is 59.6 Å². The van der Waals surface area contributed by atoms with Crippen LogP contribution < -0.4 is 0 Å². The van der Waals surface area contributed by atoms with E-state index in [4.69, 9.17) is 11.6 Å². The Kier molecular flexibility index (Phi) is 6.54. The van der Waals surface area contributed by atoms with Gasteiger partial charge in [0.15, 0.2) is 5.03 Å². The van der Waals surface area contributed by atoms with Crippen LogP contribution in [0.1, 0.15) is 6.92 Å². The lowest BCUT2D eigenvalue weighted by Crippen LogP contribution is -2.53. The number of rotatable bonds is 7. The van der Waals surface area contributed by atoms with E-state index in [1.54, 1.807) is 0 Å². The number of nitrogens with zero attached hydrogens (tertiary/aromatic N) is 2. The topological polar surface area (TPSA) is 125 Å². The molecule has 0 unspecified atom stereocenters. The molecular formula is C17H21ClN2O6S2. The molecule has 28 heavy (non-hydrogen) atoms. The van der Waals surface area contributed by atoms with Crippen LogP contribution in [0.3, 0.4) is 0 Å². The molecule has 8 nitrogen and oxygen atoms in total. The standard InChI is InChI=1S/C17H21ClN2O6S2/c1-4-5-6-12(2)28(25,26)20-10-15(17(22,11-20)13(3)21)27(23,24)16-8-7-14(18)9-19-16/h4-9,13,15,21-22H,1-2,10-11H2,3H3/b6-5-/t13-,15-,17+/m0/s1. The highest BCUT2D eigenvalue weighted by atomic mass is 35.5. The number of aliphatic hydroxyl groups is 2. The SMILES string of the molecule is C=C/C=C\C(=C)S(=O)(=O)N1C[C@H](S(=O)(=O)c2ccc(Cl)cn2)[C@](O)([C@H](C)O)C1. The molecule has 0 amide bonds. The fraction of sp³-hybridized carbons (Fsp3) is 0.353. The van der Waals surface area contributed by atoms with Gasteiger partial charge in [-0.2, -0.15) is 4.31 Å². The van der Waals surface area contributed by atoms with Crippen molar-refractivity contribution < 1.29 is 27.0 Å². The third-order valence-electron chi connectivity index (χ3n) is 4.54. The van der Waals surface area contributed by atoms with Crippen molar-refractivity contribution in [2.75, 3.05) is 13.1 Å². The predicted molar refractivity (Wildman–Crippen MR) is 106 cm³/mol. The molecule has 1 aromatic heterocycles. The minimum Gasteiger partial charge on any atom is -0.390 e. The van der Waals surface area contributed by atoms with Crippen LogP contribution in [0.5, 0.6) is 0 Å². The number of aromatic nitrogens is 1. The molecule has 3 atom stereocenters. The predicted octanol–water partition coefficient (Wildman–Crippen LogP) is 0.891. The van der Waals surface area contributed by atoms with Gasteiger partial charge in [-0.3, -0.25) is 0 Å². The third kappa shape index (κ3) is 4.07. The second kappa shape index (κ2) is 8.05. The minimum atomic E-state index is -4.29. The van der Waals surface area contributed by atoms with E-state index in [1.165, 1.54) is 31.2 Å². The van der Waals surface area contributed by atoms with Gasteiger partial charge in [0.2, 0.25) is 19.9 Å². The summed E-state index contributed by atoms with van der Waals surface area (Å²) in [5.41, 5.74) is -2.24. The zero-order valence-corrected chi connectivity index (χ0v) is 17.5. The van der Waals surface area contributed by atoms with Gasteiger partial charge >= 0.3 is 0 Å². The van der Waals surface area contributed by atoms with Gasteiger partial charge in [0, 0.05) is 19.3 Å². The summed E-state index contributed by atoms with van der Waals surface area (Å²) in [6, 6.07) is 2.47. The number of hydrogen-bond acceptors (Lipinski definition) is 7. The summed E-state index contributed by atoms with van der Waals surface area (Å²) in [5, 5.41) is 19.2. The van der Waals surface area contributed by atoms with Gasteiger partial charge in [-0.05, 0) is 25.1 Å². The van der Waals surface area contributed by atoms with E-state index in [0.717, 1.165) is 16.6 Å². The van der Waals surface area contributed by atoms with E-state index in [1.807, 2.05) is 0 Å². The zero-order valence-electron chi connectivity index (χ0n) is 15.1. The molecule has 1 saturated heterocycles. The summed E-state index contributed by atoms with van der Waals surface area (Å²) < 4.78 is 52.3. The summed E-state index contributed by atoms with van der Waals surface area (Å²) in [5.74, 6) is 0. The first-order valence-electron chi connectivity index (χ1n) is 8.11. The maximum Gasteiger partial charge on any atom is 0.242 e. The van der Waals surface area contributed by atoms with E-state index >= 15 is 0 Å². The average molecular weight is 449 g/mol.